The number of amides is 2. The number of likely N-dealkylation sites (tertiary alicyclic amines) is 1. The molecule has 1 aliphatic rings. The van der Waals surface area contributed by atoms with Crippen LogP contribution in [0, 0.1) is 17.2 Å². The highest BCUT2D eigenvalue weighted by atomic mass is 79.9. The van der Waals surface area contributed by atoms with Gasteiger partial charge in [-0.25, -0.2) is 0 Å². The van der Waals surface area contributed by atoms with Gasteiger partial charge in [0.25, 0.3) is 0 Å². The molecule has 1 aromatic rings. The maximum atomic E-state index is 12.3. The summed E-state index contributed by atoms with van der Waals surface area (Å²) >= 11 is 3.44. The van der Waals surface area contributed by atoms with E-state index in [9.17, 15) is 9.59 Å². The summed E-state index contributed by atoms with van der Waals surface area (Å²) in [7, 11) is 0. The van der Waals surface area contributed by atoms with Crippen LogP contribution in [0.3, 0.4) is 0 Å². The first-order valence-corrected chi connectivity index (χ1v) is 9.03. The molecule has 6 heteroatoms. The second-order valence-corrected chi connectivity index (χ2v) is 7.01. The van der Waals surface area contributed by atoms with Gasteiger partial charge in [0.15, 0.2) is 0 Å². The molecule has 0 unspecified atom stereocenters. The van der Waals surface area contributed by atoms with Gasteiger partial charge >= 0.3 is 0 Å². The SMILES string of the molecule is N#CCC(=O)NCC1CCN(C(=O)CCc2cccc(Br)c2)CC1. The van der Waals surface area contributed by atoms with Crippen molar-refractivity contribution >= 4 is 27.7 Å². The van der Waals surface area contributed by atoms with Gasteiger partial charge in [-0.3, -0.25) is 9.59 Å². The maximum absolute atomic E-state index is 12.3. The Morgan fingerprint density at radius 2 is 2.08 bits per heavy atom. The Morgan fingerprint density at radius 3 is 2.75 bits per heavy atom. The first-order valence-electron chi connectivity index (χ1n) is 8.24. The Kier molecular flexibility index (Phi) is 7.26. The number of hydrogen-bond acceptors (Lipinski definition) is 3. The zero-order valence-corrected chi connectivity index (χ0v) is 15.2. The van der Waals surface area contributed by atoms with E-state index in [0.717, 1.165) is 42.4 Å². The number of piperidine rings is 1. The van der Waals surface area contributed by atoms with Gasteiger partial charge in [-0.05, 0) is 42.9 Å². The number of carbonyl (C=O) groups excluding carboxylic acids is 2. The van der Waals surface area contributed by atoms with Crippen LogP contribution in [0.1, 0.15) is 31.2 Å². The summed E-state index contributed by atoms with van der Waals surface area (Å²) in [6.45, 7) is 2.09. The van der Waals surface area contributed by atoms with Crippen LogP contribution in [0.15, 0.2) is 28.7 Å². The first kappa shape index (κ1) is 18.5. The number of carbonyl (C=O) groups is 2. The van der Waals surface area contributed by atoms with Crippen molar-refractivity contribution < 1.29 is 9.59 Å². The van der Waals surface area contributed by atoms with E-state index in [1.807, 2.05) is 35.2 Å². The van der Waals surface area contributed by atoms with E-state index < -0.39 is 0 Å². The molecule has 0 radical (unpaired) electrons. The van der Waals surface area contributed by atoms with Crippen molar-refractivity contribution in [3.8, 4) is 6.07 Å². The predicted octanol–water partition coefficient (Wildman–Crippen LogP) is 2.65. The lowest BCUT2D eigenvalue weighted by atomic mass is 9.96. The van der Waals surface area contributed by atoms with Crippen LogP contribution in [-0.4, -0.2) is 36.3 Å². The number of nitriles is 1. The van der Waals surface area contributed by atoms with Crippen molar-refractivity contribution in [2.45, 2.75) is 32.1 Å². The highest BCUT2D eigenvalue weighted by molar-refractivity contribution is 9.10. The second kappa shape index (κ2) is 9.43. The molecule has 1 aromatic carbocycles. The Balaban J connectivity index is 1.69. The van der Waals surface area contributed by atoms with Crippen molar-refractivity contribution in [1.82, 2.24) is 10.2 Å². The van der Waals surface area contributed by atoms with Gasteiger partial charge in [0.1, 0.15) is 6.42 Å². The minimum atomic E-state index is -0.218. The molecule has 0 saturated carbocycles. The molecular weight excluding hydrogens is 370 g/mol. The normalized spacial score (nSPS) is 14.9. The van der Waals surface area contributed by atoms with Crippen molar-refractivity contribution in [1.29, 1.82) is 5.26 Å². The molecule has 1 N–H and O–H groups in total. The summed E-state index contributed by atoms with van der Waals surface area (Å²) in [6, 6.07) is 9.88. The number of benzene rings is 1. The van der Waals surface area contributed by atoms with E-state index in [-0.39, 0.29) is 18.2 Å². The van der Waals surface area contributed by atoms with Crippen LogP contribution in [0.5, 0.6) is 0 Å². The zero-order chi connectivity index (χ0) is 17.4. The summed E-state index contributed by atoms with van der Waals surface area (Å²) in [6.07, 6.45) is 2.99. The van der Waals surface area contributed by atoms with E-state index >= 15 is 0 Å². The maximum Gasteiger partial charge on any atom is 0.234 e. The highest BCUT2D eigenvalue weighted by Crippen LogP contribution is 2.18. The van der Waals surface area contributed by atoms with Crippen LogP contribution >= 0.6 is 15.9 Å². The van der Waals surface area contributed by atoms with Crippen LogP contribution in [0.25, 0.3) is 0 Å². The summed E-state index contributed by atoms with van der Waals surface area (Å²) < 4.78 is 1.03. The van der Waals surface area contributed by atoms with Gasteiger partial charge in [0.05, 0.1) is 6.07 Å². The van der Waals surface area contributed by atoms with E-state index in [1.165, 1.54) is 0 Å². The molecule has 0 atom stereocenters. The average molecular weight is 392 g/mol. The molecule has 0 spiro atoms. The van der Waals surface area contributed by atoms with E-state index in [1.54, 1.807) is 0 Å². The molecule has 24 heavy (non-hydrogen) atoms. The molecule has 0 bridgehead atoms. The first-order chi connectivity index (χ1) is 11.6. The quantitative estimate of drug-likeness (QED) is 0.809. The zero-order valence-electron chi connectivity index (χ0n) is 13.6. The van der Waals surface area contributed by atoms with Crippen LogP contribution < -0.4 is 5.32 Å². The predicted molar refractivity (Wildman–Crippen MR) is 95.0 cm³/mol. The highest BCUT2D eigenvalue weighted by Gasteiger charge is 2.22. The molecule has 0 aromatic heterocycles. The third-order valence-electron chi connectivity index (χ3n) is 4.31. The molecule has 1 heterocycles. The molecule has 1 saturated heterocycles. The number of rotatable bonds is 6. The van der Waals surface area contributed by atoms with Gasteiger partial charge < -0.3 is 10.2 Å². The fourth-order valence-electron chi connectivity index (χ4n) is 2.88. The van der Waals surface area contributed by atoms with Crippen LogP contribution in [0.4, 0.5) is 0 Å². The Labute approximate surface area is 151 Å². The number of aryl methyl sites for hydroxylation is 1. The fraction of sp³-hybridized carbons (Fsp3) is 0.500. The lowest BCUT2D eigenvalue weighted by molar-refractivity contribution is -0.132. The van der Waals surface area contributed by atoms with Crippen molar-refractivity contribution in [2.24, 2.45) is 5.92 Å². The van der Waals surface area contributed by atoms with E-state index in [4.69, 9.17) is 5.26 Å². The van der Waals surface area contributed by atoms with Crippen molar-refractivity contribution in [2.75, 3.05) is 19.6 Å². The smallest absolute Gasteiger partial charge is 0.234 e. The molecular formula is C18H22BrN3O2. The minimum Gasteiger partial charge on any atom is -0.355 e. The average Bonchev–Trinajstić information content (AvgIpc) is 2.59. The largest absolute Gasteiger partial charge is 0.355 e. The number of halogens is 1. The summed E-state index contributed by atoms with van der Waals surface area (Å²) in [4.78, 5) is 25.5. The van der Waals surface area contributed by atoms with Crippen molar-refractivity contribution in [3.63, 3.8) is 0 Å². The second-order valence-electron chi connectivity index (χ2n) is 6.09. The Hall–Kier alpha value is -1.87. The minimum absolute atomic E-state index is 0.0903. The van der Waals surface area contributed by atoms with Crippen molar-refractivity contribution in [3.05, 3.63) is 34.3 Å². The topological polar surface area (TPSA) is 73.2 Å². The van der Waals surface area contributed by atoms with Gasteiger partial charge in [0, 0.05) is 30.5 Å². The van der Waals surface area contributed by atoms with Gasteiger partial charge in [-0.1, -0.05) is 28.1 Å². The van der Waals surface area contributed by atoms with Crippen LogP contribution in [0.2, 0.25) is 0 Å². The fourth-order valence-corrected chi connectivity index (χ4v) is 3.33. The third kappa shape index (κ3) is 5.97. The Morgan fingerprint density at radius 1 is 1.33 bits per heavy atom. The molecule has 0 aliphatic carbocycles. The molecule has 1 aliphatic heterocycles. The van der Waals surface area contributed by atoms with E-state index in [0.29, 0.717) is 18.9 Å². The molecule has 2 rings (SSSR count). The van der Waals surface area contributed by atoms with E-state index in [2.05, 4.69) is 21.2 Å². The summed E-state index contributed by atoms with van der Waals surface area (Å²) in [5.41, 5.74) is 1.16. The van der Waals surface area contributed by atoms with Gasteiger partial charge in [-0.15, -0.1) is 0 Å². The monoisotopic (exact) mass is 391 g/mol. The van der Waals surface area contributed by atoms with Crippen LogP contribution in [-0.2, 0) is 16.0 Å². The molecule has 2 amide bonds. The molecule has 128 valence electrons. The summed E-state index contributed by atoms with van der Waals surface area (Å²) in [5.74, 6) is 0.369. The van der Waals surface area contributed by atoms with Gasteiger partial charge in [-0.2, -0.15) is 5.26 Å². The Bertz CT molecular complexity index is 619. The number of hydrogen-bond donors (Lipinski definition) is 1. The number of nitrogens with one attached hydrogen (secondary N) is 1. The number of nitrogens with zero attached hydrogens (tertiary/aromatic N) is 2. The lowest BCUT2D eigenvalue weighted by Crippen LogP contribution is -2.41. The third-order valence-corrected chi connectivity index (χ3v) is 4.80. The lowest BCUT2D eigenvalue weighted by Gasteiger charge is -2.32. The standard InChI is InChI=1S/C18H22BrN3O2/c19-16-3-1-2-14(12-16)4-5-18(24)22-10-7-15(8-11-22)13-21-17(23)6-9-20/h1-3,12,15H,4-8,10-11,13H2,(H,21,23). The molecule has 1 fully saturated rings. The summed E-state index contributed by atoms with van der Waals surface area (Å²) in [5, 5.41) is 11.2. The van der Waals surface area contributed by atoms with Gasteiger partial charge in [0.2, 0.25) is 11.8 Å². The molecule has 5 nitrogen and oxygen atoms in total.